The molecule has 5 saturated heterocycles. The lowest BCUT2D eigenvalue weighted by Gasteiger charge is -2.42. The van der Waals surface area contributed by atoms with Crippen molar-refractivity contribution in [2.24, 2.45) is 69.9 Å². The summed E-state index contributed by atoms with van der Waals surface area (Å²) in [6.45, 7) is 34.3. The first-order valence-electron chi connectivity index (χ1n) is 47.2. The van der Waals surface area contributed by atoms with Gasteiger partial charge in [0.15, 0.2) is 0 Å². The lowest BCUT2D eigenvalue weighted by atomic mass is 9.74. The maximum atomic E-state index is 6.45. The van der Waals surface area contributed by atoms with Crippen molar-refractivity contribution in [3.8, 4) is 0 Å². The summed E-state index contributed by atoms with van der Waals surface area (Å²) >= 11 is 19.2. The van der Waals surface area contributed by atoms with Gasteiger partial charge in [0.2, 0.25) is 0 Å². The summed E-state index contributed by atoms with van der Waals surface area (Å²) in [4.78, 5) is 91.6. The van der Waals surface area contributed by atoms with Crippen molar-refractivity contribution >= 4 is 92.5 Å². The fraction of sp³-hybridized carbons (Fsp3) is 0.485. The number of benzene rings is 3. The molecule has 696 valence electrons. The number of pyridine rings is 2. The van der Waals surface area contributed by atoms with Crippen molar-refractivity contribution in [2.45, 2.75) is 235 Å². The molecule has 2 spiro atoms. The molecule has 0 radical (unpaired) electrons. The van der Waals surface area contributed by atoms with Crippen LogP contribution in [0, 0.1) is 64.7 Å². The number of fused-ring (bicyclic) bond motifs is 5. The van der Waals surface area contributed by atoms with Crippen LogP contribution in [0.3, 0.4) is 0 Å². The van der Waals surface area contributed by atoms with Crippen LogP contribution >= 0.6 is 34.8 Å². The van der Waals surface area contributed by atoms with E-state index in [9.17, 15) is 0 Å². The molecule has 0 bridgehead atoms. The largest absolute Gasteiger partial charge is 0.355 e. The topological polar surface area (TPSA) is 363 Å². The predicted octanol–water partition coefficient (Wildman–Crippen LogP) is 16.1. The molecule has 2 aliphatic carbocycles. The van der Waals surface area contributed by atoms with Crippen LogP contribution in [-0.4, -0.2) is 184 Å². The molecule has 10 aromatic rings. The molecular formula is C103H128Cl3N27. The first-order chi connectivity index (χ1) is 63.5. The number of piperidine rings is 5. The Balaban J connectivity index is 0.000000116. The zero-order valence-electron chi connectivity index (χ0n) is 78.0. The van der Waals surface area contributed by atoms with E-state index >= 15 is 0 Å². The smallest absolute Gasteiger partial charge is 0.147 e. The maximum absolute atomic E-state index is 6.45. The number of hydrogen-bond donors (Lipinski definition) is 5. The summed E-state index contributed by atoms with van der Waals surface area (Å²) in [5.41, 5.74) is 58.6. The molecule has 7 fully saturated rings. The van der Waals surface area contributed by atoms with E-state index in [2.05, 4.69) is 145 Å². The highest BCUT2D eigenvalue weighted by Crippen LogP contribution is 2.48. The molecule has 12 aliphatic rings. The van der Waals surface area contributed by atoms with Crippen molar-refractivity contribution < 1.29 is 0 Å². The van der Waals surface area contributed by atoms with Crippen molar-refractivity contribution in [2.75, 3.05) is 96.5 Å². The first kappa shape index (κ1) is 94.2. The highest BCUT2D eigenvalue weighted by atomic mass is 35.5. The summed E-state index contributed by atoms with van der Waals surface area (Å²) in [5.74, 6) is 4.75. The molecule has 0 unspecified atom stereocenters. The minimum absolute atomic E-state index is 0. The fourth-order valence-electron chi connectivity index (χ4n) is 20.8. The number of aliphatic imine (C=N–C) groups is 5. The minimum atomic E-state index is -0.0706. The van der Waals surface area contributed by atoms with E-state index in [1.807, 2.05) is 76.0 Å². The highest BCUT2D eigenvalue weighted by Gasteiger charge is 2.46. The quantitative estimate of drug-likeness (QED) is 0.0803. The Morgan fingerprint density at radius 1 is 0.368 bits per heavy atom. The van der Waals surface area contributed by atoms with Crippen LogP contribution in [0.15, 0.2) is 135 Å². The summed E-state index contributed by atoms with van der Waals surface area (Å²) in [5, 5.41) is 1.92. The molecule has 30 heteroatoms. The SMILES string of the molecule is C.Cc1cc(C2=NCc3nc(N4CCC5(CCC[C@H]5N)CC4)cnc32)c(Cl)cn1.Cc1ccc(Cl)c(C2=NCc3nc(N4CCC(C)(N)CC4)cnc32)c1.Cc1cccc(C2=NCc3nc(N4CCC(C)(CN)CC4)cnc32)c1C.Cc1cccc(C2=NCc3nc(N4CCC(C)(N)CC4)cnc32)c1C.Cc1nccc(C2=NCc3nc(N4CCC5(CCC[C@H]5N)CC4)cnc32)c1Cl. The van der Waals surface area contributed by atoms with Gasteiger partial charge < -0.3 is 53.2 Å². The number of rotatable bonds is 11. The Hall–Kier alpha value is -10.6. The average molecular weight is 1850 g/mol. The molecule has 7 aromatic heterocycles. The number of nitrogens with zero attached hydrogens (tertiary/aromatic N) is 22. The lowest BCUT2D eigenvalue weighted by molar-refractivity contribution is 0.197. The molecule has 17 heterocycles. The van der Waals surface area contributed by atoms with Crippen LogP contribution in [0.25, 0.3) is 0 Å². The van der Waals surface area contributed by atoms with Crippen LogP contribution in [0.1, 0.15) is 255 Å². The Kier molecular flexibility index (Phi) is 27.6. The molecule has 133 heavy (non-hydrogen) atoms. The second kappa shape index (κ2) is 39.0. The van der Waals surface area contributed by atoms with Gasteiger partial charge in [0.25, 0.3) is 0 Å². The third kappa shape index (κ3) is 19.7. The van der Waals surface area contributed by atoms with E-state index in [1.165, 1.54) is 66.3 Å². The first-order valence-corrected chi connectivity index (χ1v) is 48.4. The van der Waals surface area contributed by atoms with Crippen LogP contribution < -0.4 is 53.2 Å². The van der Waals surface area contributed by atoms with Crippen LogP contribution in [0.4, 0.5) is 29.1 Å². The number of anilines is 5. The van der Waals surface area contributed by atoms with E-state index < -0.39 is 0 Å². The van der Waals surface area contributed by atoms with Crippen molar-refractivity contribution in [3.05, 3.63) is 249 Å². The van der Waals surface area contributed by atoms with E-state index in [-0.39, 0.29) is 23.9 Å². The monoisotopic (exact) mass is 1850 g/mol. The van der Waals surface area contributed by atoms with Gasteiger partial charge in [0.05, 0.1) is 141 Å². The third-order valence-corrected chi connectivity index (χ3v) is 31.4. The van der Waals surface area contributed by atoms with Gasteiger partial charge in [-0.25, -0.2) is 49.8 Å². The number of aromatic nitrogens is 12. The Labute approximate surface area is 797 Å². The zero-order chi connectivity index (χ0) is 92.1. The van der Waals surface area contributed by atoms with Gasteiger partial charge in [-0.2, -0.15) is 0 Å². The van der Waals surface area contributed by atoms with E-state index in [4.69, 9.17) is 118 Å². The van der Waals surface area contributed by atoms with Gasteiger partial charge >= 0.3 is 0 Å². The van der Waals surface area contributed by atoms with Gasteiger partial charge in [-0.15, -0.1) is 0 Å². The van der Waals surface area contributed by atoms with Crippen LogP contribution in [0.2, 0.25) is 15.1 Å². The second-order valence-electron chi connectivity index (χ2n) is 39.5. The van der Waals surface area contributed by atoms with Crippen molar-refractivity contribution in [3.63, 3.8) is 0 Å². The second-order valence-corrected chi connectivity index (χ2v) is 40.7. The Morgan fingerprint density at radius 3 is 1.06 bits per heavy atom. The Bertz CT molecular complexity index is 5970. The summed E-state index contributed by atoms with van der Waals surface area (Å²) in [6.07, 6.45) is 31.0. The van der Waals surface area contributed by atoms with Gasteiger partial charge in [0.1, 0.15) is 57.6 Å². The van der Waals surface area contributed by atoms with Gasteiger partial charge in [-0.1, -0.05) is 110 Å². The van der Waals surface area contributed by atoms with Crippen molar-refractivity contribution in [1.82, 2.24) is 59.8 Å². The van der Waals surface area contributed by atoms with E-state index in [1.54, 1.807) is 12.4 Å². The number of aryl methyl sites for hydroxylation is 5. The third-order valence-electron chi connectivity index (χ3n) is 30.2. The van der Waals surface area contributed by atoms with E-state index in [0.29, 0.717) is 70.7 Å². The molecule has 2 atom stereocenters. The number of nitrogens with two attached hydrogens (primary N) is 5. The van der Waals surface area contributed by atoms with Gasteiger partial charge in [0, 0.05) is 135 Å². The summed E-state index contributed by atoms with van der Waals surface area (Å²) in [6, 6.07) is 23.2. The molecule has 0 amide bonds. The lowest BCUT2D eigenvalue weighted by Crippen LogP contribution is -2.48. The van der Waals surface area contributed by atoms with E-state index in [0.717, 1.165) is 290 Å². The normalized spacial score (nSPS) is 20.5. The van der Waals surface area contributed by atoms with Gasteiger partial charge in [-0.05, 0) is 222 Å². The maximum Gasteiger partial charge on any atom is 0.147 e. The molecule has 10 aliphatic heterocycles. The number of hydrogen-bond acceptors (Lipinski definition) is 27. The molecule has 10 N–H and O–H groups in total. The summed E-state index contributed by atoms with van der Waals surface area (Å²) < 4.78 is 0. The van der Waals surface area contributed by atoms with Gasteiger partial charge in [-0.3, -0.25) is 34.9 Å². The standard InChI is InChI=1S/2C21H25ClN6.C21H27N5.C20H25N5.C19H22ClN5.CH4/c1-13-18(22)14(4-8-24-13)19-20-15(11-25-19)27-17(12-26-20)28-9-6-21(7-10-28)5-2-3-16(21)23;1-13-9-14(15(22)10-24-13)19-20-16(11-25-19)27-18(12-26-20)28-7-5-21(6-8-28)4-2-3-17(21)23;1-14-5-4-6-16(15(14)2)19-20-17(11-23-19)25-18(12-24-20)26-9-7-21(3,13-22)8-10-26;1-13-5-4-6-15(14(13)2)18-19-16(11-22-18)24-17(12-23-19)25-9-7-20(3,21)8-10-25;1-12-3-4-14(20)13(9-12)17-18-15(10-22-17)24-16(11-23-18)25-7-5-19(2,21)6-8-25;/h4,8,12,16H,2-3,5-7,9-11,23H2,1H3;9-10,12,17H,2-8,11,23H2,1H3;4-6,12H,7-11,13,22H2,1-3H3;4-6,12H,7-11,21H2,1-3H3;3-4,9,11H,5-8,10,21H2,1-2H3;1H4/t16-;17-;;;;/m11..../s1. The molecule has 3 aromatic carbocycles. The fourth-order valence-corrected chi connectivity index (χ4v) is 21.4. The zero-order valence-corrected chi connectivity index (χ0v) is 80.3. The number of halogens is 3. The summed E-state index contributed by atoms with van der Waals surface area (Å²) in [7, 11) is 0. The van der Waals surface area contributed by atoms with Crippen LogP contribution in [-0.2, 0) is 32.7 Å². The molecule has 2 saturated carbocycles. The van der Waals surface area contributed by atoms with Crippen molar-refractivity contribution in [1.29, 1.82) is 0 Å². The Morgan fingerprint density at radius 2 is 0.707 bits per heavy atom. The molecule has 22 rings (SSSR count). The molecular weight excluding hydrogens is 1720 g/mol. The average Bonchev–Trinajstić information content (AvgIpc) is 1.62. The molecule has 27 nitrogen and oxygen atoms in total. The van der Waals surface area contributed by atoms with Crippen LogP contribution in [0.5, 0.6) is 0 Å². The highest BCUT2D eigenvalue weighted by molar-refractivity contribution is 6.37. The predicted molar refractivity (Wildman–Crippen MR) is 538 cm³/mol. The minimum Gasteiger partial charge on any atom is -0.355 e.